The number of hydrogen-bond donors (Lipinski definition) is 3. The molecule has 2 aliphatic heterocycles. The fraction of sp³-hybridized carbons (Fsp3) is 0.889. The van der Waals surface area contributed by atoms with Gasteiger partial charge in [-0.05, 0) is 44.7 Å². The Hall–Kier alpha value is -1.30. The fourth-order valence-corrected chi connectivity index (χ4v) is 4.06. The van der Waals surface area contributed by atoms with Crippen LogP contribution in [0, 0.1) is 11.8 Å². The van der Waals surface area contributed by atoms with Crippen molar-refractivity contribution >= 4 is 11.9 Å². The van der Waals surface area contributed by atoms with Gasteiger partial charge in [-0.2, -0.15) is 0 Å². The molecule has 0 spiro atoms. The highest BCUT2D eigenvalue weighted by Crippen LogP contribution is 2.21. The molecule has 1 unspecified atom stereocenters. The predicted molar refractivity (Wildman–Crippen MR) is 93.7 cm³/mol. The Balaban J connectivity index is 1.36. The predicted octanol–water partition coefficient (Wildman–Crippen LogP) is 1.46. The van der Waals surface area contributed by atoms with Crippen molar-refractivity contribution < 1.29 is 9.59 Å². The summed E-state index contributed by atoms with van der Waals surface area (Å²) in [5.41, 5.74) is 0. The number of likely N-dealkylation sites (tertiary alicyclic amines) is 1. The Morgan fingerprint density at radius 2 is 1.54 bits per heavy atom. The van der Waals surface area contributed by atoms with E-state index in [1.54, 1.807) is 0 Å². The van der Waals surface area contributed by atoms with Crippen LogP contribution < -0.4 is 16.0 Å². The smallest absolute Gasteiger partial charge is 0.315 e. The second kappa shape index (κ2) is 8.19. The van der Waals surface area contributed by atoms with Gasteiger partial charge in [0, 0.05) is 31.1 Å². The van der Waals surface area contributed by atoms with Gasteiger partial charge in [0.2, 0.25) is 5.91 Å². The topological polar surface area (TPSA) is 73.5 Å². The van der Waals surface area contributed by atoms with Crippen molar-refractivity contribution in [1.29, 1.82) is 0 Å². The monoisotopic (exact) mass is 336 g/mol. The molecule has 136 valence electrons. The van der Waals surface area contributed by atoms with Crippen LogP contribution in [-0.2, 0) is 4.79 Å². The molecule has 0 aromatic heterocycles. The zero-order chi connectivity index (χ0) is 16.9. The molecule has 0 aromatic carbocycles. The lowest BCUT2D eigenvalue weighted by molar-refractivity contribution is -0.138. The van der Waals surface area contributed by atoms with E-state index >= 15 is 0 Å². The van der Waals surface area contributed by atoms with E-state index < -0.39 is 0 Å². The van der Waals surface area contributed by atoms with Crippen LogP contribution in [-0.4, -0.2) is 55.1 Å². The summed E-state index contributed by atoms with van der Waals surface area (Å²) in [7, 11) is 0. The van der Waals surface area contributed by atoms with Crippen LogP contribution in [0.1, 0.15) is 51.9 Å². The number of amides is 3. The fourth-order valence-electron chi connectivity index (χ4n) is 4.06. The maximum atomic E-state index is 12.5. The molecule has 0 radical (unpaired) electrons. The number of urea groups is 1. The molecule has 0 aromatic rings. The minimum Gasteiger partial charge on any atom is -0.342 e. The molecule has 6 nitrogen and oxygen atoms in total. The van der Waals surface area contributed by atoms with E-state index in [-0.39, 0.29) is 23.9 Å². The minimum absolute atomic E-state index is 0.0272. The number of hydrogen-bond acceptors (Lipinski definition) is 3. The van der Waals surface area contributed by atoms with Gasteiger partial charge in [0.15, 0.2) is 0 Å². The van der Waals surface area contributed by atoms with Gasteiger partial charge in [-0.3, -0.25) is 4.79 Å². The molecule has 0 bridgehead atoms. The van der Waals surface area contributed by atoms with Crippen LogP contribution in [0.25, 0.3) is 0 Å². The normalized spacial score (nSPS) is 25.0. The molecule has 2 heterocycles. The summed E-state index contributed by atoms with van der Waals surface area (Å²) in [5.74, 6) is 0.895. The quantitative estimate of drug-likeness (QED) is 0.728. The molecule has 1 saturated carbocycles. The molecule has 3 fully saturated rings. The van der Waals surface area contributed by atoms with Crippen molar-refractivity contribution in [2.24, 2.45) is 11.8 Å². The molecule has 24 heavy (non-hydrogen) atoms. The van der Waals surface area contributed by atoms with Gasteiger partial charge in [-0.15, -0.1) is 0 Å². The van der Waals surface area contributed by atoms with E-state index in [0.29, 0.717) is 12.0 Å². The molecular weight excluding hydrogens is 304 g/mol. The first-order chi connectivity index (χ1) is 11.6. The van der Waals surface area contributed by atoms with Gasteiger partial charge in [0.25, 0.3) is 0 Å². The van der Waals surface area contributed by atoms with Gasteiger partial charge in [-0.25, -0.2) is 4.79 Å². The maximum absolute atomic E-state index is 12.5. The lowest BCUT2D eigenvalue weighted by atomic mass is 9.87. The van der Waals surface area contributed by atoms with Gasteiger partial charge in [0.1, 0.15) is 0 Å². The summed E-state index contributed by atoms with van der Waals surface area (Å²) in [6.45, 7) is 5.50. The zero-order valence-electron chi connectivity index (χ0n) is 14.9. The highest BCUT2D eigenvalue weighted by molar-refractivity contribution is 5.79. The number of carbonyl (C=O) groups excluding carboxylic acids is 2. The van der Waals surface area contributed by atoms with Crippen molar-refractivity contribution in [2.45, 2.75) is 64.0 Å². The lowest BCUT2D eigenvalue weighted by Gasteiger charge is -2.38. The van der Waals surface area contributed by atoms with E-state index in [0.717, 1.165) is 51.9 Å². The standard InChI is InChI=1S/C18H32N4O2/c1-13(14-11-19-12-14)17(23)22-9-7-16(8-10-22)21-18(24)20-15-5-3-2-4-6-15/h13-16,19H,2-12H2,1H3,(H2,20,21,24). The third kappa shape index (κ3) is 4.41. The van der Waals surface area contributed by atoms with Crippen LogP contribution in [0.2, 0.25) is 0 Å². The first-order valence-corrected chi connectivity index (χ1v) is 9.70. The van der Waals surface area contributed by atoms with E-state index in [1.807, 2.05) is 4.90 Å². The zero-order valence-corrected chi connectivity index (χ0v) is 14.9. The van der Waals surface area contributed by atoms with Crippen molar-refractivity contribution in [3.8, 4) is 0 Å². The largest absolute Gasteiger partial charge is 0.342 e. The number of piperidine rings is 1. The molecule has 2 saturated heterocycles. The third-order valence-corrected chi connectivity index (χ3v) is 5.99. The Kier molecular flexibility index (Phi) is 5.98. The van der Waals surface area contributed by atoms with Crippen LogP contribution in [0.15, 0.2) is 0 Å². The van der Waals surface area contributed by atoms with E-state index in [9.17, 15) is 9.59 Å². The average molecular weight is 336 g/mol. The Bertz CT molecular complexity index is 438. The van der Waals surface area contributed by atoms with Crippen LogP contribution in [0.3, 0.4) is 0 Å². The maximum Gasteiger partial charge on any atom is 0.315 e. The van der Waals surface area contributed by atoms with Crippen LogP contribution in [0.5, 0.6) is 0 Å². The first kappa shape index (κ1) is 17.5. The average Bonchev–Trinajstić information content (AvgIpc) is 2.54. The Morgan fingerprint density at radius 3 is 2.08 bits per heavy atom. The summed E-state index contributed by atoms with van der Waals surface area (Å²) >= 11 is 0. The third-order valence-electron chi connectivity index (χ3n) is 5.99. The SMILES string of the molecule is CC(C(=O)N1CCC(NC(=O)NC2CCCCC2)CC1)C1CNC1. The van der Waals surface area contributed by atoms with Crippen molar-refractivity contribution in [3.63, 3.8) is 0 Å². The molecule has 1 atom stereocenters. The number of nitrogens with zero attached hydrogens (tertiary/aromatic N) is 1. The van der Waals surface area contributed by atoms with Crippen LogP contribution >= 0.6 is 0 Å². The van der Waals surface area contributed by atoms with E-state index in [2.05, 4.69) is 22.9 Å². The lowest BCUT2D eigenvalue weighted by Crippen LogP contribution is -2.54. The van der Waals surface area contributed by atoms with Gasteiger partial charge >= 0.3 is 6.03 Å². The molecule has 3 N–H and O–H groups in total. The molecule has 6 heteroatoms. The number of nitrogens with one attached hydrogen (secondary N) is 3. The summed E-state index contributed by atoms with van der Waals surface area (Å²) in [4.78, 5) is 26.6. The number of rotatable bonds is 4. The van der Waals surface area contributed by atoms with Crippen molar-refractivity contribution in [1.82, 2.24) is 20.9 Å². The molecule has 3 rings (SSSR count). The Labute approximate surface area is 145 Å². The van der Waals surface area contributed by atoms with Crippen molar-refractivity contribution in [3.05, 3.63) is 0 Å². The van der Waals surface area contributed by atoms with Crippen molar-refractivity contribution in [2.75, 3.05) is 26.2 Å². The highest BCUT2D eigenvalue weighted by Gasteiger charge is 2.33. The van der Waals surface area contributed by atoms with E-state index in [4.69, 9.17) is 0 Å². The highest BCUT2D eigenvalue weighted by atomic mass is 16.2. The summed E-state index contributed by atoms with van der Waals surface area (Å²) in [5, 5.41) is 9.45. The summed E-state index contributed by atoms with van der Waals surface area (Å²) < 4.78 is 0. The second-order valence-electron chi connectivity index (χ2n) is 7.76. The molecule has 3 aliphatic rings. The van der Waals surface area contributed by atoms with Gasteiger partial charge < -0.3 is 20.9 Å². The molecule has 3 amide bonds. The summed E-state index contributed by atoms with van der Waals surface area (Å²) in [6, 6.07) is 0.510. The molecule has 1 aliphatic carbocycles. The summed E-state index contributed by atoms with van der Waals surface area (Å²) in [6.07, 6.45) is 7.67. The second-order valence-corrected chi connectivity index (χ2v) is 7.76. The number of carbonyl (C=O) groups is 2. The minimum atomic E-state index is -0.0272. The first-order valence-electron chi connectivity index (χ1n) is 9.70. The van der Waals surface area contributed by atoms with E-state index in [1.165, 1.54) is 19.3 Å². The van der Waals surface area contributed by atoms with Gasteiger partial charge in [0.05, 0.1) is 0 Å². The van der Waals surface area contributed by atoms with Gasteiger partial charge in [-0.1, -0.05) is 26.2 Å². The van der Waals surface area contributed by atoms with Crippen LogP contribution in [0.4, 0.5) is 4.79 Å². The molecular formula is C18H32N4O2. The Morgan fingerprint density at radius 1 is 0.958 bits per heavy atom.